The molecule has 0 radical (unpaired) electrons. The lowest BCUT2D eigenvalue weighted by molar-refractivity contribution is -0.137. The van der Waals surface area contributed by atoms with Gasteiger partial charge in [0.15, 0.2) is 11.5 Å². The summed E-state index contributed by atoms with van der Waals surface area (Å²) in [6.07, 6.45) is 1.80. The maximum atomic E-state index is 13.8. The molecule has 1 atom stereocenters. The molecule has 3 aromatic rings. The number of hydrogen-bond acceptors (Lipinski definition) is 8. The molecule has 3 amide bonds. The Bertz CT molecular complexity index is 1380. The molecular formula is C31H39N5O6. The first-order valence-electron chi connectivity index (χ1n) is 14.0. The summed E-state index contributed by atoms with van der Waals surface area (Å²) in [6.45, 7) is 1.01. The Kier molecular flexibility index (Phi) is 10.1. The fourth-order valence-corrected chi connectivity index (χ4v) is 5.11. The van der Waals surface area contributed by atoms with Crippen LogP contribution in [0.25, 0.3) is 0 Å². The first-order chi connectivity index (χ1) is 20.2. The molecule has 1 fully saturated rings. The van der Waals surface area contributed by atoms with Crippen LogP contribution >= 0.6 is 0 Å². The maximum Gasteiger partial charge on any atom is 0.289 e. The van der Waals surface area contributed by atoms with Gasteiger partial charge >= 0.3 is 0 Å². The van der Waals surface area contributed by atoms with E-state index in [1.54, 1.807) is 37.3 Å². The maximum absolute atomic E-state index is 13.8. The van der Waals surface area contributed by atoms with Gasteiger partial charge in [0.2, 0.25) is 17.6 Å². The molecule has 1 aromatic heterocycles. The average molecular weight is 578 g/mol. The van der Waals surface area contributed by atoms with E-state index in [-0.39, 0.29) is 35.8 Å². The van der Waals surface area contributed by atoms with Gasteiger partial charge in [-0.3, -0.25) is 14.4 Å². The van der Waals surface area contributed by atoms with E-state index in [1.165, 1.54) is 7.05 Å². The van der Waals surface area contributed by atoms with Gasteiger partial charge in [0.05, 0.1) is 26.3 Å². The Balaban J connectivity index is 1.45. The highest BCUT2D eigenvalue weighted by Crippen LogP contribution is 2.29. The first kappa shape index (κ1) is 30.4. The van der Waals surface area contributed by atoms with Gasteiger partial charge in [0, 0.05) is 58.3 Å². The standard InChI is InChI=1S/C31H39N5O6/c1-32-30(38)28-19-24(34-42-28)22-12-14-36(15-13-22)31(39)25(16-20-6-9-23(10-7-20)35(2)3)33-29(37)18-21-8-11-26(40-4)27(17-21)41-5/h6-11,17,19,22,25H,12-16,18H2,1-5H3,(H,32,38)(H,33,37)/t25-/m1/s1. The smallest absolute Gasteiger partial charge is 0.289 e. The normalized spacial score (nSPS) is 14.2. The summed E-state index contributed by atoms with van der Waals surface area (Å²) in [5.41, 5.74) is 3.45. The van der Waals surface area contributed by atoms with Crippen molar-refractivity contribution in [2.24, 2.45) is 0 Å². The highest BCUT2D eigenvalue weighted by molar-refractivity contribution is 5.91. The van der Waals surface area contributed by atoms with E-state index in [9.17, 15) is 14.4 Å². The quantitative estimate of drug-likeness (QED) is 0.356. The number of aromatic nitrogens is 1. The molecule has 0 unspecified atom stereocenters. The number of nitrogens with one attached hydrogen (secondary N) is 2. The summed E-state index contributed by atoms with van der Waals surface area (Å²) in [5, 5.41) is 9.60. The lowest BCUT2D eigenvalue weighted by Crippen LogP contribution is -2.51. The summed E-state index contributed by atoms with van der Waals surface area (Å²) in [5.74, 6) is 0.647. The highest BCUT2D eigenvalue weighted by Gasteiger charge is 2.31. The van der Waals surface area contributed by atoms with Crippen molar-refractivity contribution in [1.29, 1.82) is 0 Å². The van der Waals surface area contributed by atoms with Gasteiger partial charge in [-0.1, -0.05) is 23.4 Å². The topological polar surface area (TPSA) is 126 Å². The Morgan fingerprint density at radius 3 is 2.29 bits per heavy atom. The molecule has 1 aliphatic heterocycles. The van der Waals surface area contributed by atoms with Gasteiger partial charge in [0.25, 0.3) is 5.91 Å². The summed E-state index contributed by atoms with van der Waals surface area (Å²) in [4.78, 5) is 42.7. The number of carbonyl (C=O) groups is 3. The molecule has 1 aliphatic rings. The molecule has 224 valence electrons. The number of nitrogens with zero attached hydrogens (tertiary/aromatic N) is 3. The van der Waals surface area contributed by atoms with Crippen LogP contribution in [-0.2, 0) is 22.4 Å². The lowest BCUT2D eigenvalue weighted by atomic mass is 9.92. The first-order valence-corrected chi connectivity index (χ1v) is 14.0. The number of benzene rings is 2. The molecule has 2 aromatic carbocycles. The van der Waals surface area contributed by atoms with Gasteiger partial charge in [-0.15, -0.1) is 0 Å². The SMILES string of the molecule is CNC(=O)c1cc(C2CCN(C(=O)[C@@H](Cc3ccc(N(C)C)cc3)NC(=O)Cc3ccc(OC)c(OC)c3)CC2)no1. The third-order valence-electron chi connectivity index (χ3n) is 7.54. The van der Waals surface area contributed by atoms with E-state index in [0.29, 0.717) is 49.5 Å². The molecule has 11 heteroatoms. The molecule has 1 saturated heterocycles. The number of hydrogen-bond donors (Lipinski definition) is 2. The Labute approximate surface area is 246 Å². The van der Waals surface area contributed by atoms with Crippen LogP contribution < -0.4 is 25.0 Å². The minimum Gasteiger partial charge on any atom is -0.493 e. The van der Waals surface area contributed by atoms with Gasteiger partial charge in [0.1, 0.15) is 6.04 Å². The van der Waals surface area contributed by atoms with Gasteiger partial charge < -0.3 is 34.4 Å². The molecule has 2 heterocycles. The van der Waals surface area contributed by atoms with Crippen LogP contribution in [0.2, 0.25) is 0 Å². The molecule has 0 aliphatic carbocycles. The number of piperidine rings is 1. The molecule has 0 spiro atoms. The second kappa shape index (κ2) is 13.9. The van der Waals surface area contributed by atoms with Crippen molar-refractivity contribution >= 4 is 23.4 Å². The number of carbonyl (C=O) groups excluding carboxylic acids is 3. The fourth-order valence-electron chi connectivity index (χ4n) is 5.11. The van der Waals surface area contributed by atoms with Crippen molar-refractivity contribution in [2.45, 2.75) is 37.6 Å². The van der Waals surface area contributed by atoms with E-state index in [4.69, 9.17) is 14.0 Å². The van der Waals surface area contributed by atoms with Gasteiger partial charge in [-0.2, -0.15) is 0 Å². The number of rotatable bonds is 11. The Morgan fingerprint density at radius 2 is 1.67 bits per heavy atom. The minimum absolute atomic E-state index is 0.0767. The zero-order valence-corrected chi connectivity index (χ0v) is 24.8. The molecular weight excluding hydrogens is 538 g/mol. The van der Waals surface area contributed by atoms with Crippen LogP contribution in [0.5, 0.6) is 11.5 Å². The average Bonchev–Trinajstić information content (AvgIpc) is 3.51. The van der Waals surface area contributed by atoms with Crippen molar-refractivity contribution < 1.29 is 28.4 Å². The van der Waals surface area contributed by atoms with Crippen LogP contribution in [0.1, 0.15) is 46.1 Å². The van der Waals surface area contributed by atoms with E-state index < -0.39 is 6.04 Å². The Morgan fingerprint density at radius 1 is 1.00 bits per heavy atom. The van der Waals surface area contributed by atoms with Crippen molar-refractivity contribution in [3.8, 4) is 11.5 Å². The van der Waals surface area contributed by atoms with Crippen LogP contribution in [-0.4, -0.2) is 82.3 Å². The summed E-state index contributed by atoms with van der Waals surface area (Å²) >= 11 is 0. The van der Waals surface area contributed by atoms with E-state index in [2.05, 4.69) is 15.8 Å². The molecule has 11 nitrogen and oxygen atoms in total. The summed E-state index contributed by atoms with van der Waals surface area (Å²) in [6, 6.07) is 14.2. The third kappa shape index (κ3) is 7.39. The highest BCUT2D eigenvalue weighted by atomic mass is 16.5. The predicted octanol–water partition coefficient (Wildman–Crippen LogP) is 2.79. The molecule has 4 rings (SSSR count). The summed E-state index contributed by atoms with van der Waals surface area (Å²) in [7, 11) is 8.58. The van der Waals surface area contributed by atoms with Crippen LogP contribution in [0.3, 0.4) is 0 Å². The second-order valence-corrected chi connectivity index (χ2v) is 10.5. The zero-order valence-electron chi connectivity index (χ0n) is 24.8. The van der Waals surface area contributed by atoms with Crippen LogP contribution in [0, 0.1) is 0 Å². The van der Waals surface area contributed by atoms with Crippen molar-refractivity contribution in [3.63, 3.8) is 0 Å². The van der Waals surface area contributed by atoms with Crippen LogP contribution in [0.15, 0.2) is 53.1 Å². The van der Waals surface area contributed by atoms with Crippen LogP contribution in [0.4, 0.5) is 5.69 Å². The van der Waals surface area contributed by atoms with Crippen molar-refractivity contribution in [3.05, 3.63) is 71.1 Å². The second-order valence-electron chi connectivity index (χ2n) is 10.5. The summed E-state index contributed by atoms with van der Waals surface area (Å²) < 4.78 is 15.9. The van der Waals surface area contributed by atoms with E-state index >= 15 is 0 Å². The lowest BCUT2D eigenvalue weighted by Gasteiger charge is -2.34. The number of likely N-dealkylation sites (tertiary alicyclic amines) is 1. The van der Waals surface area contributed by atoms with E-state index in [1.807, 2.05) is 49.3 Å². The molecule has 0 saturated carbocycles. The van der Waals surface area contributed by atoms with Crippen molar-refractivity contribution in [1.82, 2.24) is 20.7 Å². The molecule has 42 heavy (non-hydrogen) atoms. The Hall–Kier alpha value is -4.54. The monoisotopic (exact) mass is 577 g/mol. The predicted molar refractivity (Wildman–Crippen MR) is 158 cm³/mol. The number of anilines is 1. The van der Waals surface area contributed by atoms with Crippen molar-refractivity contribution in [2.75, 3.05) is 53.4 Å². The zero-order chi connectivity index (χ0) is 30.2. The third-order valence-corrected chi connectivity index (χ3v) is 7.54. The van der Waals surface area contributed by atoms with Gasteiger partial charge in [-0.05, 0) is 48.2 Å². The minimum atomic E-state index is -0.730. The fraction of sp³-hybridized carbons (Fsp3) is 0.419. The number of ether oxygens (including phenoxy) is 2. The molecule has 0 bridgehead atoms. The largest absolute Gasteiger partial charge is 0.493 e. The number of amides is 3. The van der Waals surface area contributed by atoms with Gasteiger partial charge in [-0.25, -0.2) is 0 Å². The molecule has 2 N–H and O–H groups in total. The van der Waals surface area contributed by atoms with E-state index in [0.717, 1.165) is 16.8 Å². The number of methoxy groups -OCH3 is 2.